The molecule has 0 aromatic carbocycles. The van der Waals surface area contributed by atoms with E-state index in [2.05, 4.69) is 34.0 Å². The van der Waals surface area contributed by atoms with Crippen molar-refractivity contribution in [1.29, 1.82) is 0 Å². The van der Waals surface area contributed by atoms with Crippen molar-refractivity contribution in [3.05, 3.63) is 11.9 Å². The van der Waals surface area contributed by atoms with E-state index in [1.165, 1.54) is 6.42 Å². The molecule has 1 atom stereocenters. The van der Waals surface area contributed by atoms with E-state index in [1.807, 2.05) is 7.05 Å². The van der Waals surface area contributed by atoms with Crippen LogP contribution in [0.3, 0.4) is 0 Å². The molecule has 5 heteroatoms. The van der Waals surface area contributed by atoms with Gasteiger partial charge in [-0.2, -0.15) is 0 Å². The number of aromatic nitrogens is 2. The van der Waals surface area contributed by atoms with Crippen molar-refractivity contribution < 1.29 is 5.11 Å². The molecule has 19 heavy (non-hydrogen) atoms. The summed E-state index contributed by atoms with van der Waals surface area (Å²) in [5.74, 6) is 2.22. The molecule has 0 bridgehead atoms. The molecule has 1 saturated heterocycles. The Bertz CT molecular complexity index is 422. The summed E-state index contributed by atoms with van der Waals surface area (Å²) in [7, 11) is 1.89. The maximum atomic E-state index is 9.58. The highest BCUT2D eigenvalue weighted by Gasteiger charge is 2.27. The van der Waals surface area contributed by atoms with Crippen molar-refractivity contribution >= 4 is 11.6 Å². The Balaban J connectivity index is 2.42. The van der Waals surface area contributed by atoms with Crippen LogP contribution in [0.5, 0.6) is 0 Å². The van der Waals surface area contributed by atoms with Crippen molar-refractivity contribution in [2.75, 3.05) is 30.4 Å². The summed E-state index contributed by atoms with van der Waals surface area (Å²) in [4.78, 5) is 11.1. The van der Waals surface area contributed by atoms with Gasteiger partial charge in [-0.15, -0.1) is 0 Å². The number of hydrogen-bond donors (Lipinski definition) is 2. The third-order valence-corrected chi connectivity index (χ3v) is 3.79. The van der Waals surface area contributed by atoms with Crippen LogP contribution < -0.4 is 10.2 Å². The van der Waals surface area contributed by atoms with Crippen molar-refractivity contribution in [3.63, 3.8) is 0 Å². The van der Waals surface area contributed by atoms with Crippen LogP contribution in [-0.2, 0) is 0 Å². The first kappa shape index (κ1) is 14.1. The lowest BCUT2D eigenvalue weighted by atomic mass is 9.99. The van der Waals surface area contributed by atoms with E-state index in [0.29, 0.717) is 5.92 Å². The number of hydrogen-bond acceptors (Lipinski definition) is 5. The summed E-state index contributed by atoms with van der Waals surface area (Å²) in [6, 6.07) is 0.186. The molecular formula is C14H24N4O. The van der Waals surface area contributed by atoms with Gasteiger partial charge in [0.05, 0.1) is 12.6 Å². The molecular weight excluding hydrogens is 240 g/mol. The van der Waals surface area contributed by atoms with E-state index in [9.17, 15) is 5.11 Å². The molecule has 1 aliphatic heterocycles. The van der Waals surface area contributed by atoms with Gasteiger partial charge in [-0.3, -0.25) is 0 Å². The summed E-state index contributed by atoms with van der Waals surface area (Å²) in [5, 5.41) is 12.7. The molecule has 0 amide bonds. The molecule has 1 aliphatic rings. The average Bonchev–Trinajstić information content (AvgIpc) is 2.46. The molecule has 0 radical (unpaired) electrons. The lowest BCUT2D eigenvalue weighted by Gasteiger charge is -2.37. The van der Waals surface area contributed by atoms with Crippen LogP contribution in [-0.4, -0.2) is 41.3 Å². The summed E-state index contributed by atoms with van der Waals surface area (Å²) in [6.07, 6.45) is 4.98. The van der Waals surface area contributed by atoms with Gasteiger partial charge in [0.2, 0.25) is 0 Å². The largest absolute Gasteiger partial charge is 0.394 e. The first-order valence-corrected chi connectivity index (χ1v) is 7.09. The number of anilines is 2. The van der Waals surface area contributed by atoms with Gasteiger partial charge in [-0.1, -0.05) is 13.8 Å². The van der Waals surface area contributed by atoms with Crippen LogP contribution in [0, 0.1) is 0 Å². The van der Waals surface area contributed by atoms with Crippen LogP contribution in [0.25, 0.3) is 0 Å². The quantitative estimate of drug-likeness (QED) is 0.871. The number of piperidine rings is 1. The molecule has 0 saturated carbocycles. The Morgan fingerprint density at radius 3 is 2.84 bits per heavy atom. The second kappa shape index (κ2) is 6.19. The minimum atomic E-state index is 0.186. The second-order valence-corrected chi connectivity index (χ2v) is 5.39. The Morgan fingerprint density at radius 1 is 1.42 bits per heavy atom. The van der Waals surface area contributed by atoms with Crippen molar-refractivity contribution in [2.24, 2.45) is 0 Å². The minimum Gasteiger partial charge on any atom is -0.394 e. The second-order valence-electron chi connectivity index (χ2n) is 5.39. The van der Waals surface area contributed by atoms with Crippen molar-refractivity contribution in [3.8, 4) is 0 Å². The Morgan fingerprint density at radius 2 is 2.21 bits per heavy atom. The molecule has 1 fully saturated rings. The third kappa shape index (κ3) is 2.81. The van der Waals surface area contributed by atoms with E-state index >= 15 is 0 Å². The van der Waals surface area contributed by atoms with E-state index in [4.69, 9.17) is 0 Å². The predicted octanol–water partition coefficient (Wildman–Crippen LogP) is 1.99. The standard InChI is InChI=1S/C14H24N4O/c1-10(2)12-13(15-3)16-9-17-14(12)18-7-5-4-6-11(18)8-19/h9-11,19H,4-8H2,1-3H3,(H,15,16,17). The predicted molar refractivity (Wildman–Crippen MR) is 77.7 cm³/mol. The summed E-state index contributed by atoms with van der Waals surface area (Å²) in [5.41, 5.74) is 1.14. The molecule has 106 valence electrons. The van der Waals surface area contributed by atoms with Gasteiger partial charge in [0.15, 0.2) is 0 Å². The average molecular weight is 264 g/mol. The first-order chi connectivity index (χ1) is 9.19. The molecule has 0 spiro atoms. The fraction of sp³-hybridized carbons (Fsp3) is 0.714. The number of nitrogens with one attached hydrogen (secondary N) is 1. The number of rotatable bonds is 4. The molecule has 1 unspecified atom stereocenters. The maximum absolute atomic E-state index is 9.58. The van der Waals surface area contributed by atoms with E-state index in [1.54, 1.807) is 6.33 Å². The number of nitrogens with zero attached hydrogens (tertiary/aromatic N) is 3. The first-order valence-electron chi connectivity index (χ1n) is 7.09. The van der Waals surface area contributed by atoms with Gasteiger partial charge in [0, 0.05) is 19.2 Å². The van der Waals surface area contributed by atoms with E-state index in [-0.39, 0.29) is 12.6 Å². The monoisotopic (exact) mass is 264 g/mol. The molecule has 1 aromatic rings. The lowest BCUT2D eigenvalue weighted by molar-refractivity contribution is 0.239. The van der Waals surface area contributed by atoms with Crippen LogP contribution in [0.2, 0.25) is 0 Å². The Hall–Kier alpha value is -1.36. The van der Waals surface area contributed by atoms with Crippen LogP contribution >= 0.6 is 0 Å². The van der Waals surface area contributed by atoms with Crippen LogP contribution in [0.4, 0.5) is 11.6 Å². The van der Waals surface area contributed by atoms with Gasteiger partial charge < -0.3 is 15.3 Å². The van der Waals surface area contributed by atoms with Gasteiger partial charge in [-0.05, 0) is 25.2 Å². The van der Waals surface area contributed by atoms with Crippen LogP contribution in [0.15, 0.2) is 6.33 Å². The summed E-state index contributed by atoms with van der Waals surface area (Å²) < 4.78 is 0. The fourth-order valence-electron chi connectivity index (χ4n) is 2.82. The highest BCUT2D eigenvalue weighted by atomic mass is 16.3. The molecule has 0 aliphatic carbocycles. The zero-order valence-corrected chi connectivity index (χ0v) is 12.1. The van der Waals surface area contributed by atoms with Gasteiger partial charge in [-0.25, -0.2) is 9.97 Å². The molecule has 5 nitrogen and oxygen atoms in total. The normalized spacial score (nSPS) is 19.8. The van der Waals surface area contributed by atoms with Crippen molar-refractivity contribution in [1.82, 2.24) is 9.97 Å². The Kier molecular flexibility index (Phi) is 4.58. The fourth-order valence-corrected chi connectivity index (χ4v) is 2.82. The summed E-state index contributed by atoms with van der Waals surface area (Å²) in [6.45, 7) is 5.46. The SMILES string of the molecule is CNc1ncnc(N2CCCCC2CO)c1C(C)C. The van der Waals surface area contributed by atoms with Crippen LogP contribution in [0.1, 0.15) is 44.6 Å². The smallest absolute Gasteiger partial charge is 0.137 e. The summed E-state index contributed by atoms with van der Waals surface area (Å²) >= 11 is 0. The minimum absolute atomic E-state index is 0.186. The van der Waals surface area contributed by atoms with Gasteiger partial charge in [0.1, 0.15) is 18.0 Å². The molecule has 2 rings (SSSR count). The van der Waals surface area contributed by atoms with Gasteiger partial charge in [0.25, 0.3) is 0 Å². The van der Waals surface area contributed by atoms with Crippen molar-refractivity contribution in [2.45, 2.75) is 45.1 Å². The van der Waals surface area contributed by atoms with E-state index in [0.717, 1.165) is 36.6 Å². The highest BCUT2D eigenvalue weighted by molar-refractivity contribution is 5.60. The molecule has 2 heterocycles. The third-order valence-electron chi connectivity index (χ3n) is 3.79. The highest BCUT2D eigenvalue weighted by Crippen LogP contribution is 2.33. The topological polar surface area (TPSA) is 61.3 Å². The Labute approximate surface area is 115 Å². The number of aliphatic hydroxyl groups excluding tert-OH is 1. The maximum Gasteiger partial charge on any atom is 0.137 e. The zero-order chi connectivity index (χ0) is 13.8. The number of aliphatic hydroxyl groups is 1. The van der Waals surface area contributed by atoms with E-state index < -0.39 is 0 Å². The lowest BCUT2D eigenvalue weighted by Crippen LogP contribution is -2.43. The molecule has 2 N–H and O–H groups in total. The zero-order valence-electron chi connectivity index (χ0n) is 12.1. The molecule has 1 aromatic heterocycles. The van der Waals surface area contributed by atoms with Gasteiger partial charge >= 0.3 is 0 Å².